The van der Waals surface area contributed by atoms with Gasteiger partial charge >= 0.3 is 120 Å². The van der Waals surface area contributed by atoms with E-state index in [4.69, 9.17) is 0 Å². The number of nitrogens with one attached hydrogen (secondary N) is 1. The Labute approximate surface area is 144 Å². The maximum atomic E-state index is 4.03. The van der Waals surface area contributed by atoms with Crippen molar-refractivity contribution < 1.29 is 16.9 Å². The second-order valence-electron chi connectivity index (χ2n) is 6.82. The van der Waals surface area contributed by atoms with Crippen LogP contribution in [0.1, 0.15) is 48.5 Å². The second kappa shape index (κ2) is 8.55. The molecule has 0 spiro atoms. The minimum absolute atomic E-state index is 0. The predicted octanol–water partition coefficient (Wildman–Crippen LogP) is 5.26. The molecule has 1 aliphatic rings. The average molecular weight is 372 g/mol. The molecule has 1 rings (SSSR count). The first kappa shape index (κ1) is 23.2. The monoisotopic (exact) mass is 371 g/mol. The topological polar surface area (TPSA) is 12.0 Å². The minimum Gasteiger partial charge on any atom is -0.147 e. The largest absolute Gasteiger partial charge is 0.147 e. The Hall–Kier alpha value is 0.951. The Morgan fingerprint density at radius 3 is 1.70 bits per heavy atom. The molecule has 0 bridgehead atoms. The number of hydrogen-bond donors (Lipinski definition) is 1. The van der Waals surface area contributed by atoms with Gasteiger partial charge in [0.05, 0.1) is 0 Å². The fraction of sp³-hybridized carbons (Fsp3) is 0.733. The van der Waals surface area contributed by atoms with Crippen LogP contribution in [0.25, 0.3) is 0 Å². The Morgan fingerprint density at radius 2 is 1.45 bits per heavy atom. The van der Waals surface area contributed by atoms with Crippen molar-refractivity contribution in [1.29, 1.82) is 0 Å². The minimum atomic E-state index is -1.30. The molecule has 1 N–H and O–H groups in total. The Kier molecular flexibility index (Phi) is 9.93. The number of halogens is 2. The van der Waals surface area contributed by atoms with Gasteiger partial charge in [-0.2, -0.15) is 0 Å². The fourth-order valence-electron chi connectivity index (χ4n) is 2.60. The van der Waals surface area contributed by atoms with Gasteiger partial charge in [-0.1, -0.05) is 0 Å². The van der Waals surface area contributed by atoms with Gasteiger partial charge in [0.2, 0.25) is 0 Å². The van der Waals surface area contributed by atoms with Crippen molar-refractivity contribution in [2.24, 2.45) is 5.92 Å². The molecule has 0 saturated heterocycles. The first-order valence-electron chi connectivity index (χ1n) is 6.90. The summed E-state index contributed by atoms with van der Waals surface area (Å²) in [6.45, 7) is 21.3. The maximum absolute atomic E-state index is 4.03. The Bertz CT molecular complexity index is 455. The molecule has 0 fully saturated rings. The molecule has 1 unspecified atom stereocenters. The molecular weight excluding hydrogens is 341 g/mol. The summed E-state index contributed by atoms with van der Waals surface area (Å²) in [6.07, 6.45) is -0.229. The summed E-state index contributed by atoms with van der Waals surface area (Å²) in [7, 11) is 0. The molecule has 0 saturated carbocycles. The molecule has 0 radical (unpaired) electrons. The van der Waals surface area contributed by atoms with Crippen LogP contribution in [-0.2, 0) is 16.9 Å². The number of hydrogen-bond acceptors (Lipinski definition) is 1. The van der Waals surface area contributed by atoms with Gasteiger partial charge in [-0.15, -0.1) is 24.8 Å². The normalized spacial score (nSPS) is 18.8. The molecule has 0 aromatic heterocycles. The molecule has 0 heterocycles. The van der Waals surface area contributed by atoms with E-state index in [-0.39, 0.29) is 36.5 Å². The van der Waals surface area contributed by atoms with Crippen LogP contribution in [-0.4, -0.2) is 11.7 Å². The molecule has 1 atom stereocenters. The van der Waals surface area contributed by atoms with Crippen LogP contribution in [0.5, 0.6) is 0 Å². The number of rotatable bonds is 2. The molecule has 1 aliphatic carbocycles. The molecule has 0 aromatic rings. The van der Waals surface area contributed by atoms with E-state index in [2.05, 4.69) is 65.4 Å². The van der Waals surface area contributed by atoms with Gasteiger partial charge in [-0.05, 0) is 0 Å². The third-order valence-corrected chi connectivity index (χ3v) is 14.9. The molecular formula is C15H31Cl2NSiTi. The van der Waals surface area contributed by atoms with Crippen LogP contribution >= 0.6 is 24.8 Å². The molecule has 20 heavy (non-hydrogen) atoms. The standard InChI is InChI=1S/C9H13.C4H10N.C2H6Si.2ClH.Ti/c1-6-5-7(2)9(4)8(6)3;1-4(2,3)5;1-3-2;;;/h6H,1-4H3;5H,1-3H3;1-2H3;2*1H;/q;-1;;;;+1. The fourth-order valence-corrected chi connectivity index (χ4v) is 13.6. The summed E-state index contributed by atoms with van der Waals surface area (Å²) in [5, 5.41) is 0. The molecule has 0 aromatic carbocycles. The van der Waals surface area contributed by atoms with Crippen molar-refractivity contribution in [3.8, 4) is 0 Å². The molecule has 0 amide bonds. The summed E-state index contributed by atoms with van der Waals surface area (Å²) in [5.41, 5.74) is 5.03. The van der Waals surface area contributed by atoms with E-state index in [1.54, 1.807) is 16.7 Å². The first-order valence-corrected chi connectivity index (χ1v) is 13.3. The van der Waals surface area contributed by atoms with Gasteiger partial charge < -0.3 is 0 Å². The Balaban J connectivity index is 0. The van der Waals surface area contributed by atoms with E-state index < -0.39 is 16.9 Å². The third-order valence-electron chi connectivity index (χ3n) is 3.91. The van der Waals surface area contributed by atoms with Crippen molar-refractivity contribution in [1.82, 2.24) is 3.80 Å². The van der Waals surface area contributed by atoms with Gasteiger partial charge in [0.15, 0.2) is 0 Å². The molecule has 118 valence electrons. The van der Waals surface area contributed by atoms with Crippen LogP contribution in [0, 0.1) is 5.92 Å². The quantitative estimate of drug-likeness (QED) is 0.652. The van der Waals surface area contributed by atoms with Gasteiger partial charge in [0.25, 0.3) is 0 Å². The van der Waals surface area contributed by atoms with Gasteiger partial charge in [0.1, 0.15) is 0 Å². The Morgan fingerprint density at radius 1 is 1.00 bits per heavy atom. The van der Waals surface area contributed by atoms with Crippen LogP contribution in [0.4, 0.5) is 0 Å². The van der Waals surface area contributed by atoms with Gasteiger partial charge in [-0.3, -0.25) is 0 Å². The van der Waals surface area contributed by atoms with E-state index in [0.717, 1.165) is 0 Å². The van der Waals surface area contributed by atoms with Crippen molar-refractivity contribution in [3.05, 3.63) is 20.6 Å². The summed E-state index contributed by atoms with van der Waals surface area (Å²) in [6, 6.07) is 0. The summed E-state index contributed by atoms with van der Waals surface area (Å²) >= 11 is -1.30. The zero-order valence-corrected chi connectivity index (χ0v) is 18.6. The SMILES string of the molecule is CC1=C(C)C(C)[C]([Ti]([NH]C(C)(C)C)=[Si](C)C)=C1C.Cl.Cl. The van der Waals surface area contributed by atoms with Gasteiger partial charge in [0, 0.05) is 0 Å². The van der Waals surface area contributed by atoms with Crippen LogP contribution < -0.4 is 3.80 Å². The van der Waals surface area contributed by atoms with Crippen molar-refractivity contribution in [2.45, 2.75) is 67.1 Å². The summed E-state index contributed by atoms with van der Waals surface area (Å²) in [5.74, 6) is 0.690. The first-order chi connectivity index (χ1) is 8.06. The van der Waals surface area contributed by atoms with Gasteiger partial charge in [-0.25, -0.2) is 0 Å². The van der Waals surface area contributed by atoms with Crippen molar-refractivity contribution >= 4 is 31.0 Å². The van der Waals surface area contributed by atoms with Crippen LogP contribution in [0.3, 0.4) is 0 Å². The molecule has 1 nitrogen and oxygen atoms in total. The van der Waals surface area contributed by atoms with Crippen LogP contribution in [0.2, 0.25) is 13.1 Å². The zero-order chi connectivity index (χ0) is 14.2. The van der Waals surface area contributed by atoms with Crippen molar-refractivity contribution in [3.63, 3.8) is 0 Å². The van der Waals surface area contributed by atoms with E-state index in [0.29, 0.717) is 5.92 Å². The van der Waals surface area contributed by atoms with E-state index in [1.807, 2.05) is 3.88 Å². The number of allylic oxidation sites excluding steroid dienone is 4. The third kappa shape index (κ3) is 5.30. The average Bonchev–Trinajstić information content (AvgIpc) is 2.39. The van der Waals surface area contributed by atoms with E-state index >= 15 is 0 Å². The summed E-state index contributed by atoms with van der Waals surface area (Å²) < 4.78 is 5.85. The van der Waals surface area contributed by atoms with Crippen LogP contribution in [0.15, 0.2) is 20.6 Å². The second-order valence-corrected chi connectivity index (χ2v) is 18.0. The van der Waals surface area contributed by atoms with E-state index in [9.17, 15) is 0 Å². The molecule has 0 aliphatic heterocycles. The van der Waals surface area contributed by atoms with E-state index in [1.165, 1.54) is 0 Å². The zero-order valence-electron chi connectivity index (χ0n) is 14.4. The maximum Gasteiger partial charge on any atom is -0.147 e. The van der Waals surface area contributed by atoms with Crippen molar-refractivity contribution in [2.75, 3.05) is 0 Å². The predicted molar refractivity (Wildman–Crippen MR) is 95.1 cm³/mol. The smallest absolute Gasteiger partial charge is 0.147 e. The molecule has 5 heteroatoms. The summed E-state index contributed by atoms with van der Waals surface area (Å²) in [4.78, 5) is 0.